The molecular weight excluding hydrogens is 456 g/mol. The summed E-state index contributed by atoms with van der Waals surface area (Å²) in [7, 11) is 0. The van der Waals surface area contributed by atoms with E-state index in [-0.39, 0.29) is 10.8 Å². The number of halogens is 5. The van der Waals surface area contributed by atoms with E-state index in [1.54, 1.807) is 35.2 Å². The van der Waals surface area contributed by atoms with E-state index in [2.05, 4.69) is 25.6 Å². The van der Waals surface area contributed by atoms with Crippen LogP contribution in [-0.2, 0) is 6.18 Å². The Hall–Kier alpha value is -3.37. The van der Waals surface area contributed by atoms with Crippen molar-refractivity contribution < 1.29 is 18.0 Å². The Morgan fingerprint density at radius 3 is 2.32 bits per heavy atom. The molecule has 31 heavy (non-hydrogen) atoms. The van der Waals surface area contributed by atoms with Crippen LogP contribution in [0.25, 0.3) is 16.9 Å². The summed E-state index contributed by atoms with van der Waals surface area (Å²) in [4.78, 5) is 24.4. The first-order valence-electron chi connectivity index (χ1n) is 8.61. The summed E-state index contributed by atoms with van der Waals surface area (Å²) >= 11 is 11.6. The number of aromatic nitrogens is 4. The molecule has 4 aromatic rings. The maximum absolute atomic E-state index is 13.0. The topological polar surface area (TPSA) is 84.7 Å². The second-order valence-corrected chi connectivity index (χ2v) is 7.03. The van der Waals surface area contributed by atoms with E-state index in [9.17, 15) is 18.0 Å². The molecule has 2 N–H and O–H groups in total. The third-order valence-electron chi connectivity index (χ3n) is 4.22. The van der Waals surface area contributed by atoms with Gasteiger partial charge in [-0.2, -0.15) is 13.2 Å². The van der Waals surface area contributed by atoms with E-state index in [1.165, 1.54) is 12.4 Å². The Balaban J connectivity index is 1.48. The fourth-order valence-corrected chi connectivity index (χ4v) is 3.22. The number of fused-ring (bicyclic) bond motifs is 1. The minimum Gasteiger partial charge on any atom is -0.308 e. The summed E-state index contributed by atoms with van der Waals surface area (Å²) in [6.45, 7) is 0. The van der Waals surface area contributed by atoms with E-state index >= 15 is 0 Å². The molecule has 12 heteroatoms. The number of benzene rings is 2. The summed E-state index contributed by atoms with van der Waals surface area (Å²) < 4.78 is 40.6. The van der Waals surface area contributed by atoms with Gasteiger partial charge in [0.25, 0.3) is 0 Å². The third kappa shape index (κ3) is 4.39. The minimum absolute atomic E-state index is 0.0488. The zero-order valence-electron chi connectivity index (χ0n) is 15.3. The van der Waals surface area contributed by atoms with E-state index in [0.29, 0.717) is 22.5 Å². The maximum Gasteiger partial charge on any atom is 0.417 e. The summed E-state index contributed by atoms with van der Waals surface area (Å²) in [5.74, 6) is 0. The number of carbonyl (C=O) groups is 1. The van der Waals surface area contributed by atoms with E-state index in [1.807, 2.05) is 0 Å². The monoisotopic (exact) mass is 466 g/mol. The SMILES string of the molecule is O=C(Nc1ccc(-n2cnc3c(Cl)ncnc32)cc1)Nc1ccc(Cl)c(C(F)(F)F)c1. The molecule has 0 unspecified atom stereocenters. The number of alkyl halides is 3. The van der Waals surface area contributed by atoms with Crippen molar-refractivity contribution in [3.8, 4) is 5.69 Å². The van der Waals surface area contributed by atoms with Gasteiger partial charge in [0.1, 0.15) is 18.2 Å². The van der Waals surface area contributed by atoms with Gasteiger partial charge in [-0.25, -0.2) is 19.7 Å². The lowest BCUT2D eigenvalue weighted by Gasteiger charge is -2.12. The lowest BCUT2D eigenvalue weighted by atomic mass is 10.2. The molecule has 0 aliphatic rings. The molecule has 0 saturated carbocycles. The number of carbonyl (C=O) groups excluding carboxylic acids is 1. The van der Waals surface area contributed by atoms with Crippen molar-refractivity contribution in [2.45, 2.75) is 6.18 Å². The van der Waals surface area contributed by atoms with Crippen LogP contribution in [0.2, 0.25) is 10.2 Å². The normalized spacial score (nSPS) is 11.5. The van der Waals surface area contributed by atoms with Gasteiger partial charge in [0, 0.05) is 17.1 Å². The standard InChI is InChI=1S/C19H11Cl2F3N6O/c20-14-6-3-11(7-13(14)19(22,23)24)29-18(31)28-10-1-4-12(5-2-10)30-9-27-15-16(21)25-8-26-17(15)30/h1-9H,(H2,28,29,31). The molecule has 0 fully saturated rings. The lowest BCUT2D eigenvalue weighted by Crippen LogP contribution is -2.20. The van der Waals surface area contributed by atoms with Gasteiger partial charge < -0.3 is 10.6 Å². The fraction of sp³-hybridized carbons (Fsp3) is 0.0526. The van der Waals surface area contributed by atoms with E-state index in [0.717, 1.165) is 12.1 Å². The average Bonchev–Trinajstić information content (AvgIpc) is 3.15. The van der Waals surface area contributed by atoms with Crippen LogP contribution in [0.5, 0.6) is 0 Å². The highest BCUT2D eigenvalue weighted by Gasteiger charge is 2.33. The van der Waals surface area contributed by atoms with Gasteiger partial charge in [-0.05, 0) is 42.5 Å². The summed E-state index contributed by atoms with van der Waals surface area (Å²) in [6, 6.07) is 9.04. The summed E-state index contributed by atoms with van der Waals surface area (Å²) in [5, 5.41) is 4.67. The van der Waals surface area contributed by atoms with Crippen molar-refractivity contribution in [2.75, 3.05) is 10.6 Å². The van der Waals surface area contributed by atoms with Crippen LogP contribution >= 0.6 is 23.2 Å². The van der Waals surface area contributed by atoms with Gasteiger partial charge >= 0.3 is 12.2 Å². The van der Waals surface area contributed by atoms with Crippen molar-refractivity contribution in [3.05, 3.63) is 70.9 Å². The average molecular weight is 467 g/mol. The van der Waals surface area contributed by atoms with Crippen LogP contribution in [0.3, 0.4) is 0 Å². The Bertz CT molecular complexity index is 1270. The molecule has 7 nitrogen and oxygen atoms in total. The molecule has 4 rings (SSSR count). The summed E-state index contributed by atoms with van der Waals surface area (Å²) in [5.41, 5.74) is 1.01. The first-order valence-corrected chi connectivity index (χ1v) is 9.37. The molecule has 0 atom stereocenters. The molecule has 0 spiro atoms. The highest BCUT2D eigenvalue weighted by molar-refractivity contribution is 6.33. The first kappa shape index (κ1) is 20.9. The molecule has 0 aliphatic heterocycles. The predicted octanol–water partition coefficient (Wildman–Crippen LogP) is 5.79. The number of hydrogen-bond donors (Lipinski definition) is 2. The Morgan fingerprint density at radius 1 is 0.935 bits per heavy atom. The Labute approximate surface area is 182 Å². The molecular formula is C19H11Cl2F3N6O. The van der Waals surface area contributed by atoms with Crippen molar-refractivity contribution in [2.24, 2.45) is 0 Å². The van der Waals surface area contributed by atoms with E-state index < -0.39 is 22.8 Å². The smallest absolute Gasteiger partial charge is 0.308 e. The van der Waals surface area contributed by atoms with Gasteiger partial charge in [-0.3, -0.25) is 4.57 Å². The van der Waals surface area contributed by atoms with Crippen LogP contribution in [0, 0.1) is 0 Å². The van der Waals surface area contributed by atoms with Crippen LogP contribution in [0.4, 0.5) is 29.3 Å². The number of nitrogens with one attached hydrogen (secondary N) is 2. The molecule has 2 amide bonds. The van der Waals surface area contributed by atoms with Gasteiger partial charge in [0.2, 0.25) is 0 Å². The first-order chi connectivity index (χ1) is 14.7. The third-order valence-corrected chi connectivity index (χ3v) is 4.83. The minimum atomic E-state index is -4.63. The van der Waals surface area contributed by atoms with Crippen LogP contribution in [0.15, 0.2) is 55.1 Å². The quantitative estimate of drug-likeness (QED) is 0.374. The zero-order valence-corrected chi connectivity index (χ0v) is 16.8. The van der Waals surface area contributed by atoms with Crippen molar-refractivity contribution in [1.29, 1.82) is 0 Å². The van der Waals surface area contributed by atoms with E-state index in [4.69, 9.17) is 23.2 Å². The number of rotatable bonds is 3. The molecule has 2 aromatic carbocycles. The largest absolute Gasteiger partial charge is 0.417 e. The van der Waals surface area contributed by atoms with Gasteiger partial charge in [-0.1, -0.05) is 23.2 Å². The Morgan fingerprint density at radius 2 is 1.61 bits per heavy atom. The lowest BCUT2D eigenvalue weighted by molar-refractivity contribution is -0.137. The second kappa shape index (κ2) is 8.05. The van der Waals surface area contributed by atoms with Gasteiger partial charge in [0.15, 0.2) is 10.8 Å². The molecule has 0 aliphatic carbocycles. The predicted molar refractivity (Wildman–Crippen MR) is 111 cm³/mol. The van der Waals surface area contributed by atoms with Crippen molar-refractivity contribution in [3.63, 3.8) is 0 Å². The Kier molecular flexibility index (Phi) is 5.42. The number of hydrogen-bond acceptors (Lipinski definition) is 4. The second-order valence-electron chi connectivity index (χ2n) is 6.27. The summed E-state index contributed by atoms with van der Waals surface area (Å²) in [6.07, 6.45) is -1.77. The zero-order chi connectivity index (χ0) is 22.2. The van der Waals surface area contributed by atoms with Gasteiger partial charge in [-0.15, -0.1) is 0 Å². The number of imidazole rings is 1. The van der Waals surface area contributed by atoms with Gasteiger partial charge in [0.05, 0.1) is 10.6 Å². The van der Waals surface area contributed by atoms with Crippen LogP contribution in [0.1, 0.15) is 5.56 Å². The van der Waals surface area contributed by atoms with Crippen molar-refractivity contribution in [1.82, 2.24) is 19.5 Å². The molecule has 2 aromatic heterocycles. The highest BCUT2D eigenvalue weighted by Crippen LogP contribution is 2.36. The molecule has 2 heterocycles. The number of amides is 2. The highest BCUT2D eigenvalue weighted by atomic mass is 35.5. The fourth-order valence-electron chi connectivity index (χ4n) is 2.81. The van der Waals surface area contributed by atoms with Crippen LogP contribution < -0.4 is 10.6 Å². The number of anilines is 2. The molecule has 0 saturated heterocycles. The molecule has 0 bridgehead atoms. The van der Waals surface area contributed by atoms with Crippen molar-refractivity contribution >= 4 is 51.8 Å². The molecule has 158 valence electrons. The number of nitrogens with zero attached hydrogens (tertiary/aromatic N) is 4. The maximum atomic E-state index is 13.0. The number of urea groups is 1. The van der Waals surface area contributed by atoms with Crippen LogP contribution in [-0.4, -0.2) is 25.6 Å². The molecule has 0 radical (unpaired) electrons.